The van der Waals surface area contributed by atoms with E-state index in [0.29, 0.717) is 30.0 Å². The number of halogens is 1. The lowest BCUT2D eigenvalue weighted by Crippen LogP contribution is -2.40. The molecule has 2 aromatic carbocycles. The first-order valence-electron chi connectivity index (χ1n) is 11.3. The van der Waals surface area contributed by atoms with Gasteiger partial charge in [-0.1, -0.05) is 30.3 Å². The number of aromatic nitrogens is 2. The molecule has 1 atom stereocenters. The molecule has 0 aliphatic carbocycles. The van der Waals surface area contributed by atoms with Gasteiger partial charge in [-0.3, -0.25) is 9.59 Å². The number of amides is 2. The maximum absolute atomic E-state index is 13.4. The second-order valence-corrected chi connectivity index (χ2v) is 8.78. The van der Waals surface area contributed by atoms with E-state index in [1.165, 1.54) is 17.0 Å². The minimum Gasteiger partial charge on any atom is -0.343 e. The standard InChI is InChI=1S/C26H29FN4O2/c1-17(18-7-5-4-6-8-18)25(32)31-15-13-20(14-16-31)24-28-22(19-9-11-21(27)12-10-19)23(29-24)26(33)30(2)3/h4-12,17,20H,13-16H2,1-3H3,(H,28,29). The molecule has 1 unspecified atom stereocenters. The molecule has 0 bridgehead atoms. The summed E-state index contributed by atoms with van der Waals surface area (Å²) in [6.45, 7) is 3.23. The first kappa shape index (κ1) is 22.7. The number of nitrogens with one attached hydrogen (secondary N) is 1. The Labute approximate surface area is 193 Å². The second-order valence-electron chi connectivity index (χ2n) is 8.78. The van der Waals surface area contributed by atoms with Gasteiger partial charge in [-0.25, -0.2) is 9.37 Å². The molecule has 1 aliphatic rings. The zero-order valence-corrected chi connectivity index (χ0v) is 19.2. The predicted octanol–water partition coefficient (Wildman–Crippen LogP) is 4.43. The van der Waals surface area contributed by atoms with Crippen molar-refractivity contribution < 1.29 is 14.0 Å². The van der Waals surface area contributed by atoms with Gasteiger partial charge < -0.3 is 14.8 Å². The largest absolute Gasteiger partial charge is 0.343 e. The zero-order chi connectivity index (χ0) is 23.5. The van der Waals surface area contributed by atoms with E-state index in [9.17, 15) is 14.0 Å². The molecule has 0 saturated carbocycles. The van der Waals surface area contributed by atoms with Crippen LogP contribution >= 0.6 is 0 Å². The Balaban J connectivity index is 1.51. The summed E-state index contributed by atoms with van der Waals surface area (Å²) in [4.78, 5) is 37.2. The molecule has 33 heavy (non-hydrogen) atoms. The first-order chi connectivity index (χ1) is 15.8. The number of likely N-dealkylation sites (tertiary alicyclic amines) is 1. The van der Waals surface area contributed by atoms with Crippen LogP contribution in [0, 0.1) is 5.82 Å². The molecule has 1 fully saturated rings. The number of piperidine rings is 1. The highest BCUT2D eigenvalue weighted by atomic mass is 19.1. The van der Waals surface area contributed by atoms with Crippen molar-refractivity contribution in [3.8, 4) is 11.3 Å². The Morgan fingerprint density at radius 3 is 2.30 bits per heavy atom. The van der Waals surface area contributed by atoms with Gasteiger partial charge in [-0.05, 0) is 49.6 Å². The topological polar surface area (TPSA) is 69.3 Å². The lowest BCUT2D eigenvalue weighted by molar-refractivity contribution is -0.133. The number of nitrogens with zero attached hydrogens (tertiary/aromatic N) is 3. The third-order valence-electron chi connectivity index (χ3n) is 6.32. The van der Waals surface area contributed by atoms with Crippen molar-refractivity contribution in [3.63, 3.8) is 0 Å². The van der Waals surface area contributed by atoms with Crippen LogP contribution < -0.4 is 0 Å². The summed E-state index contributed by atoms with van der Waals surface area (Å²) in [5.74, 6) is 0.288. The average Bonchev–Trinajstić information content (AvgIpc) is 3.29. The van der Waals surface area contributed by atoms with Gasteiger partial charge in [-0.15, -0.1) is 0 Å². The van der Waals surface area contributed by atoms with Crippen molar-refractivity contribution in [1.82, 2.24) is 19.8 Å². The van der Waals surface area contributed by atoms with Crippen molar-refractivity contribution in [2.24, 2.45) is 0 Å². The predicted molar refractivity (Wildman–Crippen MR) is 125 cm³/mol. The van der Waals surface area contributed by atoms with Gasteiger partial charge in [0.1, 0.15) is 23.0 Å². The van der Waals surface area contributed by atoms with Crippen molar-refractivity contribution in [1.29, 1.82) is 0 Å². The number of carbonyl (C=O) groups is 2. The highest BCUT2D eigenvalue weighted by Crippen LogP contribution is 2.32. The van der Waals surface area contributed by atoms with Gasteiger partial charge >= 0.3 is 0 Å². The van der Waals surface area contributed by atoms with Gasteiger partial charge in [0, 0.05) is 38.7 Å². The highest BCUT2D eigenvalue weighted by molar-refractivity contribution is 5.98. The molecular weight excluding hydrogens is 419 g/mol. The number of aromatic amines is 1. The van der Waals surface area contributed by atoms with Crippen LogP contribution in [0.15, 0.2) is 54.6 Å². The molecule has 1 aliphatic heterocycles. The zero-order valence-electron chi connectivity index (χ0n) is 19.2. The number of imidazole rings is 1. The van der Waals surface area contributed by atoms with E-state index in [0.717, 1.165) is 24.2 Å². The van der Waals surface area contributed by atoms with E-state index in [-0.39, 0.29) is 29.5 Å². The van der Waals surface area contributed by atoms with Crippen LogP contribution in [0.4, 0.5) is 4.39 Å². The maximum atomic E-state index is 13.4. The maximum Gasteiger partial charge on any atom is 0.272 e. The quantitative estimate of drug-likeness (QED) is 0.628. The summed E-state index contributed by atoms with van der Waals surface area (Å²) >= 11 is 0. The van der Waals surface area contributed by atoms with Gasteiger partial charge in [0.05, 0.1) is 5.92 Å². The lowest BCUT2D eigenvalue weighted by atomic mass is 9.93. The fraction of sp³-hybridized carbons (Fsp3) is 0.346. The molecule has 7 heteroatoms. The number of rotatable bonds is 5. The molecule has 2 heterocycles. The van der Waals surface area contributed by atoms with Crippen molar-refractivity contribution in [3.05, 3.63) is 77.5 Å². The van der Waals surface area contributed by atoms with E-state index < -0.39 is 0 Å². The van der Waals surface area contributed by atoms with Crippen LogP contribution in [0.25, 0.3) is 11.3 Å². The van der Waals surface area contributed by atoms with Crippen molar-refractivity contribution in [2.45, 2.75) is 31.6 Å². The lowest BCUT2D eigenvalue weighted by Gasteiger charge is -2.33. The molecule has 0 spiro atoms. The second kappa shape index (κ2) is 9.57. The first-order valence-corrected chi connectivity index (χ1v) is 11.3. The smallest absolute Gasteiger partial charge is 0.272 e. The number of hydrogen-bond acceptors (Lipinski definition) is 3. The fourth-order valence-electron chi connectivity index (χ4n) is 4.31. The minimum atomic E-state index is -0.336. The molecule has 172 valence electrons. The van der Waals surface area contributed by atoms with Crippen LogP contribution in [0.5, 0.6) is 0 Å². The van der Waals surface area contributed by atoms with Gasteiger partial charge in [0.25, 0.3) is 5.91 Å². The minimum absolute atomic E-state index is 0.115. The van der Waals surface area contributed by atoms with E-state index in [4.69, 9.17) is 4.98 Å². The van der Waals surface area contributed by atoms with Crippen molar-refractivity contribution in [2.75, 3.05) is 27.2 Å². The summed E-state index contributed by atoms with van der Waals surface area (Å²) in [7, 11) is 3.38. The van der Waals surface area contributed by atoms with Crippen LogP contribution in [0.2, 0.25) is 0 Å². The summed E-state index contributed by atoms with van der Waals surface area (Å²) in [5, 5.41) is 0. The Kier molecular flexibility index (Phi) is 6.58. The summed E-state index contributed by atoms with van der Waals surface area (Å²) < 4.78 is 13.4. The molecule has 1 aromatic heterocycles. The Morgan fingerprint density at radius 1 is 1.06 bits per heavy atom. The molecule has 2 amide bonds. The van der Waals surface area contributed by atoms with Gasteiger partial charge in [-0.2, -0.15) is 0 Å². The number of carbonyl (C=O) groups excluding carboxylic acids is 2. The van der Waals surface area contributed by atoms with Crippen LogP contribution in [-0.2, 0) is 4.79 Å². The summed E-state index contributed by atoms with van der Waals surface area (Å²) in [6.07, 6.45) is 1.53. The number of H-pyrrole nitrogens is 1. The molecule has 4 rings (SSSR count). The van der Waals surface area contributed by atoms with Gasteiger partial charge in [0.2, 0.25) is 5.91 Å². The SMILES string of the molecule is CC(C(=O)N1CCC(c2nc(-c3ccc(F)cc3)c(C(=O)N(C)C)[nH]2)CC1)c1ccccc1. The van der Waals surface area contributed by atoms with Crippen LogP contribution in [-0.4, -0.2) is 58.8 Å². The number of hydrogen-bond donors (Lipinski definition) is 1. The van der Waals surface area contributed by atoms with E-state index >= 15 is 0 Å². The van der Waals surface area contributed by atoms with Crippen LogP contribution in [0.1, 0.15) is 53.5 Å². The van der Waals surface area contributed by atoms with Crippen LogP contribution in [0.3, 0.4) is 0 Å². The van der Waals surface area contributed by atoms with E-state index in [1.54, 1.807) is 26.2 Å². The summed E-state index contributed by atoms with van der Waals surface area (Å²) in [5.41, 5.74) is 2.64. The van der Waals surface area contributed by atoms with E-state index in [1.807, 2.05) is 42.2 Å². The third kappa shape index (κ3) is 4.82. The van der Waals surface area contributed by atoms with Crippen molar-refractivity contribution >= 4 is 11.8 Å². The fourth-order valence-corrected chi connectivity index (χ4v) is 4.31. The average molecular weight is 449 g/mol. The molecule has 6 nitrogen and oxygen atoms in total. The molecular formula is C26H29FN4O2. The van der Waals surface area contributed by atoms with Gasteiger partial charge in [0.15, 0.2) is 0 Å². The molecule has 1 N–H and O–H groups in total. The molecule has 0 radical (unpaired) electrons. The summed E-state index contributed by atoms with van der Waals surface area (Å²) in [6, 6.07) is 15.8. The third-order valence-corrected chi connectivity index (χ3v) is 6.32. The molecule has 3 aromatic rings. The Morgan fingerprint density at radius 2 is 1.70 bits per heavy atom. The highest BCUT2D eigenvalue weighted by Gasteiger charge is 2.30. The van der Waals surface area contributed by atoms with E-state index in [2.05, 4.69) is 4.98 Å². The monoisotopic (exact) mass is 448 g/mol. The molecule has 1 saturated heterocycles. The normalized spacial score (nSPS) is 15.3. The Bertz CT molecular complexity index is 1120. The number of benzene rings is 2. The Hall–Kier alpha value is -3.48.